The molecule has 0 unspecified atom stereocenters. The zero-order valence-corrected chi connectivity index (χ0v) is 13.2. The Morgan fingerprint density at radius 2 is 1.77 bits per heavy atom. The van der Waals surface area contributed by atoms with E-state index in [9.17, 15) is 4.79 Å². The molecule has 3 fully saturated rings. The van der Waals surface area contributed by atoms with Gasteiger partial charge >= 0.3 is 0 Å². The average molecular weight is 300 g/mol. The average Bonchev–Trinajstić information content (AvgIpc) is 2.73. The quantitative estimate of drug-likeness (QED) is 0.860. The van der Waals surface area contributed by atoms with Crippen LogP contribution in [0.5, 0.6) is 5.75 Å². The number of carbonyl (C=O) groups excluding carboxylic acids is 1. The van der Waals surface area contributed by atoms with Crippen LogP contribution in [0.25, 0.3) is 0 Å². The summed E-state index contributed by atoms with van der Waals surface area (Å²) in [6.45, 7) is 1.70. The molecular weight excluding hydrogens is 276 g/mol. The Balaban J connectivity index is 1.53. The van der Waals surface area contributed by atoms with E-state index >= 15 is 0 Å². The second kappa shape index (κ2) is 5.58. The van der Waals surface area contributed by atoms with Crippen LogP contribution in [0.4, 0.5) is 0 Å². The summed E-state index contributed by atoms with van der Waals surface area (Å²) >= 11 is 0. The summed E-state index contributed by atoms with van der Waals surface area (Å²) in [6, 6.07) is 8.81. The van der Waals surface area contributed by atoms with Crippen LogP contribution in [0.2, 0.25) is 0 Å². The first kappa shape index (κ1) is 14.1. The van der Waals surface area contributed by atoms with Crippen molar-refractivity contribution in [2.45, 2.75) is 50.3 Å². The molecule has 4 nitrogen and oxygen atoms in total. The van der Waals surface area contributed by atoms with Crippen molar-refractivity contribution in [3.63, 3.8) is 0 Å². The molecule has 0 N–H and O–H groups in total. The number of benzene rings is 1. The Hall–Kier alpha value is -1.55. The van der Waals surface area contributed by atoms with Crippen LogP contribution in [-0.2, 0) is 0 Å². The first-order valence-corrected chi connectivity index (χ1v) is 8.49. The maximum Gasteiger partial charge on any atom is 0.257 e. The molecule has 2 aliphatic heterocycles. The number of likely N-dealkylation sites (N-methyl/N-ethyl adjacent to an activating group) is 1. The number of piperazine rings is 1. The molecule has 1 saturated carbocycles. The van der Waals surface area contributed by atoms with Crippen LogP contribution >= 0.6 is 0 Å². The number of rotatable bonds is 3. The molecule has 1 aromatic carbocycles. The molecule has 3 aliphatic rings. The predicted octanol–water partition coefficient (Wildman–Crippen LogP) is 2.54. The molecular formula is C18H24N2O2. The topological polar surface area (TPSA) is 32.8 Å². The SMILES string of the molecule is CN1[C@@H]2CC[C@H]1CN(C(=O)c1ccccc1OC1CCC1)C2. The molecule has 1 aromatic rings. The number of hydrogen-bond donors (Lipinski definition) is 0. The second-order valence-corrected chi connectivity index (χ2v) is 6.93. The van der Waals surface area contributed by atoms with Gasteiger partial charge in [0, 0.05) is 25.2 Å². The molecule has 2 heterocycles. The van der Waals surface area contributed by atoms with Crippen molar-refractivity contribution in [1.82, 2.24) is 9.80 Å². The van der Waals surface area contributed by atoms with Crippen molar-refractivity contribution in [1.29, 1.82) is 0 Å². The van der Waals surface area contributed by atoms with Crippen LogP contribution in [-0.4, -0.2) is 54.0 Å². The first-order chi connectivity index (χ1) is 10.7. The molecule has 2 atom stereocenters. The third-order valence-corrected chi connectivity index (χ3v) is 5.60. The minimum atomic E-state index is 0.139. The first-order valence-electron chi connectivity index (χ1n) is 8.49. The van der Waals surface area contributed by atoms with Crippen molar-refractivity contribution in [3.05, 3.63) is 29.8 Å². The van der Waals surface area contributed by atoms with Gasteiger partial charge in [-0.05, 0) is 51.3 Å². The molecule has 4 rings (SSSR count). The van der Waals surface area contributed by atoms with E-state index in [1.165, 1.54) is 19.3 Å². The Labute approximate surface area is 132 Å². The van der Waals surface area contributed by atoms with Gasteiger partial charge in [0.15, 0.2) is 0 Å². The summed E-state index contributed by atoms with van der Waals surface area (Å²) in [5.74, 6) is 0.906. The minimum absolute atomic E-state index is 0.139. The number of carbonyl (C=O) groups is 1. The summed E-state index contributed by atoms with van der Waals surface area (Å²) < 4.78 is 6.03. The van der Waals surface area contributed by atoms with E-state index in [1.807, 2.05) is 29.2 Å². The maximum atomic E-state index is 13.0. The molecule has 1 amide bonds. The lowest BCUT2D eigenvalue weighted by Crippen LogP contribution is -2.53. The number of ether oxygens (including phenoxy) is 1. The van der Waals surface area contributed by atoms with Gasteiger partial charge in [-0.1, -0.05) is 12.1 Å². The van der Waals surface area contributed by atoms with Crippen molar-refractivity contribution in [2.75, 3.05) is 20.1 Å². The van der Waals surface area contributed by atoms with E-state index < -0.39 is 0 Å². The van der Waals surface area contributed by atoms with E-state index in [0.29, 0.717) is 18.2 Å². The van der Waals surface area contributed by atoms with Gasteiger partial charge in [0.1, 0.15) is 5.75 Å². The number of hydrogen-bond acceptors (Lipinski definition) is 3. The largest absolute Gasteiger partial charge is 0.490 e. The number of amides is 1. The Kier molecular flexibility index (Phi) is 3.57. The standard InChI is InChI=1S/C18H24N2O2/c1-19-13-9-10-14(19)12-20(11-13)18(21)16-7-2-3-8-17(16)22-15-5-4-6-15/h2-3,7-8,13-15H,4-6,9-12H2,1H3/t13-,14+. The highest BCUT2D eigenvalue weighted by atomic mass is 16.5. The Morgan fingerprint density at radius 1 is 1.09 bits per heavy atom. The number of para-hydroxylation sites is 1. The smallest absolute Gasteiger partial charge is 0.257 e. The van der Waals surface area contributed by atoms with Crippen molar-refractivity contribution in [3.8, 4) is 5.75 Å². The molecule has 22 heavy (non-hydrogen) atoms. The third-order valence-electron chi connectivity index (χ3n) is 5.60. The van der Waals surface area contributed by atoms with E-state index in [4.69, 9.17) is 4.74 Å². The monoisotopic (exact) mass is 300 g/mol. The zero-order valence-electron chi connectivity index (χ0n) is 13.2. The summed E-state index contributed by atoms with van der Waals surface area (Å²) in [7, 11) is 2.19. The van der Waals surface area contributed by atoms with Gasteiger partial charge in [-0.3, -0.25) is 9.69 Å². The molecule has 0 radical (unpaired) electrons. The lowest BCUT2D eigenvalue weighted by Gasteiger charge is -2.39. The van der Waals surface area contributed by atoms with Crippen LogP contribution in [0, 0.1) is 0 Å². The van der Waals surface area contributed by atoms with E-state index in [1.54, 1.807) is 0 Å². The second-order valence-electron chi connectivity index (χ2n) is 6.93. The van der Waals surface area contributed by atoms with Crippen molar-refractivity contribution < 1.29 is 9.53 Å². The highest BCUT2D eigenvalue weighted by Gasteiger charge is 2.39. The highest BCUT2D eigenvalue weighted by molar-refractivity contribution is 5.97. The fraction of sp³-hybridized carbons (Fsp3) is 0.611. The number of nitrogens with zero attached hydrogens (tertiary/aromatic N) is 2. The Morgan fingerprint density at radius 3 is 2.41 bits per heavy atom. The minimum Gasteiger partial charge on any atom is -0.490 e. The van der Waals surface area contributed by atoms with E-state index in [-0.39, 0.29) is 5.91 Å². The van der Waals surface area contributed by atoms with Gasteiger partial charge in [0.05, 0.1) is 11.7 Å². The Bertz CT molecular complexity index is 556. The van der Waals surface area contributed by atoms with E-state index in [2.05, 4.69) is 11.9 Å². The lowest BCUT2D eigenvalue weighted by atomic mass is 9.96. The molecule has 0 aromatic heterocycles. The van der Waals surface area contributed by atoms with Crippen LogP contribution in [0.15, 0.2) is 24.3 Å². The van der Waals surface area contributed by atoms with Gasteiger partial charge in [0.2, 0.25) is 0 Å². The molecule has 4 heteroatoms. The lowest BCUT2D eigenvalue weighted by molar-refractivity contribution is 0.0512. The normalized spacial score (nSPS) is 28.5. The van der Waals surface area contributed by atoms with Crippen LogP contribution < -0.4 is 4.74 Å². The number of likely N-dealkylation sites (tertiary alicyclic amines) is 1. The summed E-state index contributed by atoms with van der Waals surface area (Å²) in [5.41, 5.74) is 0.735. The fourth-order valence-corrected chi connectivity index (χ4v) is 3.86. The summed E-state index contributed by atoms with van der Waals surface area (Å²) in [6.07, 6.45) is 6.19. The molecule has 0 spiro atoms. The van der Waals surface area contributed by atoms with E-state index in [0.717, 1.165) is 37.2 Å². The van der Waals surface area contributed by atoms with Crippen LogP contribution in [0.3, 0.4) is 0 Å². The van der Waals surface area contributed by atoms with Crippen molar-refractivity contribution >= 4 is 5.91 Å². The summed E-state index contributed by atoms with van der Waals surface area (Å²) in [5, 5.41) is 0. The zero-order chi connectivity index (χ0) is 15.1. The maximum absolute atomic E-state index is 13.0. The van der Waals surface area contributed by atoms with Crippen LogP contribution in [0.1, 0.15) is 42.5 Å². The molecule has 118 valence electrons. The van der Waals surface area contributed by atoms with Gasteiger partial charge < -0.3 is 9.64 Å². The van der Waals surface area contributed by atoms with Gasteiger partial charge in [-0.2, -0.15) is 0 Å². The van der Waals surface area contributed by atoms with Gasteiger partial charge in [0.25, 0.3) is 5.91 Å². The third kappa shape index (κ3) is 2.39. The van der Waals surface area contributed by atoms with Crippen molar-refractivity contribution in [2.24, 2.45) is 0 Å². The molecule has 2 bridgehead atoms. The molecule has 2 saturated heterocycles. The van der Waals surface area contributed by atoms with Gasteiger partial charge in [-0.15, -0.1) is 0 Å². The summed E-state index contributed by atoms with van der Waals surface area (Å²) in [4.78, 5) is 17.4. The highest BCUT2D eigenvalue weighted by Crippen LogP contribution is 2.32. The predicted molar refractivity (Wildman–Crippen MR) is 85.2 cm³/mol. The van der Waals surface area contributed by atoms with Gasteiger partial charge in [-0.25, -0.2) is 0 Å². The molecule has 1 aliphatic carbocycles. The number of fused-ring (bicyclic) bond motifs is 2. The fourth-order valence-electron chi connectivity index (χ4n) is 3.86.